The lowest BCUT2D eigenvalue weighted by atomic mass is 10.0. The fourth-order valence-corrected chi connectivity index (χ4v) is 6.72. The Balaban J connectivity index is 1.39. The van der Waals surface area contributed by atoms with Gasteiger partial charge in [0.05, 0.1) is 22.6 Å². The van der Waals surface area contributed by atoms with Gasteiger partial charge in [0, 0.05) is 47.8 Å². The summed E-state index contributed by atoms with van der Waals surface area (Å²) in [4.78, 5) is 15.4. The van der Waals surface area contributed by atoms with Gasteiger partial charge in [-0.25, -0.2) is 15.0 Å². The van der Waals surface area contributed by atoms with E-state index in [4.69, 9.17) is 15.0 Å². The number of pyridine rings is 1. The zero-order valence-corrected chi connectivity index (χ0v) is 22.8. The number of fused-ring (bicyclic) bond motifs is 5. The Morgan fingerprint density at radius 2 is 1.02 bits per heavy atom. The molecular formula is C37H23N3S. The van der Waals surface area contributed by atoms with Gasteiger partial charge < -0.3 is 0 Å². The SMILES string of the molecule is c1ccc(-c2cc(-c3ccccc3)nc(-c3ccc4nc(-c5ccccc5)c5c6ccccc6sc5c4c3)n2)cc1. The van der Waals surface area contributed by atoms with Gasteiger partial charge in [0.25, 0.3) is 0 Å². The molecule has 0 aliphatic heterocycles. The first-order valence-corrected chi connectivity index (χ1v) is 14.4. The van der Waals surface area contributed by atoms with Crippen LogP contribution in [0.25, 0.3) is 76.2 Å². The van der Waals surface area contributed by atoms with E-state index in [9.17, 15) is 0 Å². The van der Waals surface area contributed by atoms with Crippen LogP contribution in [0.4, 0.5) is 0 Å². The monoisotopic (exact) mass is 541 g/mol. The van der Waals surface area contributed by atoms with Gasteiger partial charge >= 0.3 is 0 Å². The number of thiophene rings is 1. The third-order valence-corrected chi connectivity index (χ3v) is 8.68. The molecular weight excluding hydrogens is 518 g/mol. The minimum Gasteiger partial charge on any atom is -0.247 e. The molecule has 5 aromatic carbocycles. The van der Waals surface area contributed by atoms with Gasteiger partial charge in [-0.2, -0.15) is 0 Å². The predicted molar refractivity (Wildman–Crippen MR) is 172 cm³/mol. The number of rotatable bonds is 4. The first kappa shape index (κ1) is 23.7. The molecule has 3 nitrogen and oxygen atoms in total. The molecule has 0 radical (unpaired) electrons. The van der Waals surface area contributed by atoms with Crippen LogP contribution < -0.4 is 0 Å². The van der Waals surface area contributed by atoms with E-state index < -0.39 is 0 Å². The van der Waals surface area contributed by atoms with Crippen molar-refractivity contribution >= 4 is 42.4 Å². The Morgan fingerprint density at radius 3 is 1.68 bits per heavy atom. The second-order valence-corrected chi connectivity index (χ2v) is 11.1. The predicted octanol–water partition coefficient (Wildman–Crippen LogP) is 10.1. The maximum atomic E-state index is 5.23. The van der Waals surface area contributed by atoms with Crippen LogP contribution in [0.2, 0.25) is 0 Å². The number of hydrogen-bond acceptors (Lipinski definition) is 4. The summed E-state index contributed by atoms with van der Waals surface area (Å²) in [6, 6.07) is 48.2. The topological polar surface area (TPSA) is 38.7 Å². The van der Waals surface area contributed by atoms with E-state index in [0.717, 1.165) is 50.2 Å². The van der Waals surface area contributed by atoms with Gasteiger partial charge in [-0.15, -0.1) is 11.3 Å². The summed E-state index contributed by atoms with van der Waals surface area (Å²) in [6.07, 6.45) is 0. The van der Waals surface area contributed by atoms with Crippen molar-refractivity contribution in [2.75, 3.05) is 0 Å². The summed E-state index contributed by atoms with van der Waals surface area (Å²) in [7, 11) is 0. The molecule has 0 fully saturated rings. The molecule has 0 aliphatic rings. The van der Waals surface area contributed by atoms with E-state index in [-0.39, 0.29) is 0 Å². The fraction of sp³-hybridized carbons (Fsp3) is 0. The molecule has 0 amide bonds. The van der Waals surface area contributed by atoms with Crippen molar-refractivity contribution in [3.8, 4) is 45.2 Å². The molecule has 0 unspecified atom stereocenters. The van der Waals surface area contributed by atoms with Crippen LogP contribution in [0.3, 0.4) is 0 Å². The Labute approximate surface area is 241 Å². The average molecular weight is 542 g/mol. The third kappa shape index (κ3) is 4.17. The van der Waals surface area contributed by atoms with Gasteiger partial charge in [0.1, 0.15) is 0 Å². The summed E-state index contributed by atoms with van der Waals surface area (Å²) < 4.78 is 2.49. The normalized spacial score (nSPS) is 11.4. The van der Waals surface area contributed by atoms with Crippen LogP contribution >= 0.6 is 11.3 Å². The van der Waals surface area contributed by atoms with E-state index in [1.807, 2.05) is 53.8 Å². The highest BCUT2D eigenvalue weighted by Gasteiger charge is 2.18. The van der Waals surface area contributed by atoms with Crippen LogP contribution in [0, 0.1) is 0 Å². The maximum absolute atomic E-state index is 5.23. The van der Waals surface area contributed by atoms with Gasteiger partial charge in [-0.05, 0) is 30.3 Å². The highest BCUT2D eigenvalue weighted by atomic mass is 32.1. The molecule has 4 heteroatoms. The van der Waals surface area contributed by atoms with Crippen LogP contribution in [0.1, 0.15) is 0 Å². The highest BCUT2D eigenvalue weighted by molar-refractivity contribution is 7.26. The van der Waals surface area contributed by atoms with E-state index in [1.54, 1.807) is 0 Å². The zero-order valence-electron chi connectivity index (χ0n) is 22.0. The molecule has 3 aromatic heterocycles. The van der Waals surface area contributed by atoms with Gasteiger partial charge in [-0.1, -0.05) is 109 Å². The highest BCUT2D eigenvalue weighted by Crippen LogP contribution is 2.43. The van der Waals surface area contributed by atoms with Crippen molar-refractivity contribution in [2.45, 2.75) is 0 Å². The van der Waals surface area contributed by atoms with Crippen molar-refractivity contribution < 1.29 is 0 Å². The largest absolute Gasteiger partial charge is 0.247 e. The first-order valence-electron chi connectivity index (χ1n) is 13.6. The molecule has 0 aliphatic carbocycles. The summed E-state index contributed by atoms with van der Waals surface area (Å²) in [5, 5.41) is 3.55. The van der Waals surface area contributed by atoms with Crippen molar-refractivity contribution in [1.82, 2.24) is 15.0 Å². The molecule has 8 aromatic rings. The number of nitrogens with zero attached hydrogens (tertiary/aromatic N) is 3. The minimum atomic E-state index is 0.702. The minimum absolute atomic E-state index is 0.702. The van der Waals surface area contributed by atoms with Crippen molar-refractivity contribution in [1.29, 1.82) is 0 Å². The first-order chi connectivity index (χ1) is 20.3. The van der Waals surface area contributed by atoms with Crippen LogP contribution in [0.15, 0.2) is 140 Å². The molecule has 0 saturated heterocycles. The number of hydrogen-bond donors (Lipinski definition) is 0. The Hall–Kier alpha value is -5.19. The summed E-state index contributed by atoms with van der Waals surface area (Å²) in [5.41, 5.74) is 8.02. The van der Waals surface area contributed by atoms with Crippen LogP contribution in [-0.4, -0.2) is 15.0 Å². The molecule has 192 valence electrons. The standard InChI is InChI=1S/C37H23N3S/c1-4-12-24(13-5-1)31-23-32(25-14-6-2-7-15-25)40-37(39-31)27-20-21-30-29(22-27)36-34(28-18-10-11-19-33(28)41-36)35(38-30)26-16-8-3-9-17-26/h1-23H. The maximum Gasteiger partial charge on any atom is 0.160 e. The van der Waals surface area contributed by atoms with Crippen LogP contribution in [0.5, 0.6) is 0 Å². The molecule has 0 atom stereocenters. The van der Waals surface area contributed by atoms with Crippen molar-refractivity contribution in [3.05, 3.63) is 140 Å². The zero-order chi connectivity index (χ0) is 27.2. The summed E-state index contributed by atoms with van der Waals surface area (Å²) in [6.45, 7) is 0. The second kappa shape index (κ2) is 9.77. The molecule has 41 heavy (non-hydrogen) atoms. The van der Waals surface area contributed by atoms with Crippen molar-refractivity contribution in [3.63, 3.8) is 0 Å². The second-order valence-electron chi connectivity index (χ2n) is 10.1. The lowest BCUT2D eigenvalue weighted by molar-refractivity contribution is 1.18. The molecule has 3 heterocycles. The smallest absolute Gasteiger partial charge is 0.160 e. The van der Waals surface area contributed by atoms with E-state index in [1.165, 1.54) is 20.2 Å². The Morgan fingerprint density at radius 1 is 0.439 bits per heavy atom. The third-order valence-electron chi connectivity index (χ3n) is 7.48. The van der Waals surface area contributed by atoms with Crippen LogP contribution in [-0.2, 0) is 0 Å². The average Bonchev–Trinajstić information content (AvgIpc) is 3.45. The Kier molecular flexibility index (Phi) is 5.64. The van der Waals surface area contributed by atoms with Crippen molar-refractivity contribution in [2.24, 2.45) is 0 Å². The lowest BCUT2D eigenvalue weighted by Gasteiger charge is -2.11. The molecule has 0 spiro atoms. The number of aromatic nitrogens is 3. The molecule has 0 bridgehead atoms. The quantitative estimate of drug-likeness (QED) is 0.222. The molecule has 0 saturated carbocycles. The Bertz CT molecular complexity index is 2130. The fourth-order valence-electron chi connectivity index (χ4n) is 5.50. The lowest BCUT2D eigenvalue weighted by Crippen LogP contribution is -1.96. The van der Waals surface area contributed by atoms with E-state index in [0.29, 0.717) is 5.82 Å². The summed E-state index contributed by atoms with van der Waals surface area (Å²) in [5.74, 6) is 0.702. The number of benzene rings is 5. The van der Waals surface area contributed by atoms with E-state index >= 15 is 0 Å². The molecule has 8 rings (SSSR count). The van der Waals surface area contributed by atoms with E-state index in [2.05, 4.69) is 97.1 Å². The summed E-state index contributed by atoms with van der Waals surface area (Å²) >= 11 is 1.82. The van der Waals surface area contributed by atoms with Gasteiger partial charge in [0.15, 0.2) is 5.82 Å². The van der Waals surface area contributed by atoms with Gasteiger partial charge in [-0.3, -0.25) is 0 Å². The van der Waals surface area contributed by atoms with Gasteiger partial charge in [0.2, 0.25) is 0 Å². The molecule has 0 N–H and O–H groups in total.